The largest absolute Gasteiger partial charge is 0.288 e. The monoisotopic (exact) mass is 328 g/mol. The molecule has 1 nitrogen and oxygen atoms in total. The number of halogens is 4. The summed E-state index contributed by atoms with van der Waals surface area (Å²) in [5.41, 5.74) is -0.244. The van der Waals surface area contributed by atoms with Crippen molar-refractivity contribution in [2.24, 2.45) is 0 Å². The quantitative estimate of drug-likeness (QED) is 0.746. The second-order valence-corrected chi connectivity index (χ2v) is 4.95. The van der Waals surface area contributed by atoms with Gasteiger partial charge in [-0.25, -0.2) is 13.2 Å². The van der Waals surface area contributed by atoms with Crippen LogP contribution < -0.4 is 0 Å². The Bertz CT molecular complexity index is 645. The minimum absolute atomic E-state index is 0.0709. The normalized spacial score (nSPS) is 10.6. The maximum Gasteiger partial charge on any atom is 0.199 e. The van der Waals surface area contributed by atoms with Crippen LogP contribution in [-0.4, -0.2) is 5.78 Å². The van der Waals surface area contributed by atoms with E-state index in [1.165, 1.54) is 13.0 Å². The Kier molecular flexibility index (Phi) is 3.75. The predicted molar refractivity (Wildman–Crippen MR) is 68.6 cm³/mol. The Morgan fingerprint density at radius 2 is 1.63 bits per heavy atom. The molecule has 0 atom stereocenters. The number of ketones is 1. The van der Waals surface area contributed by atoms with Gasteiger partial charge in [-0.2, -0.15) is 0 Å². The highest BCUT2D eigenvalue weighted by molar-refractivity contribution is 9.10. The van der Waals surface area contributed by atoms with Crippen LogP contribution in [0.3, 0.4) is 0 Å². The summed E-state index contributed by atoms with van der Waals surface area (Å²) in [5, 5.41) is 0. The summed E-state index contributed by atoms with van der Waals surface area (Å²) >= 11 is 2.94. The number of rotatable bonds is 2. The van der Waals surface area contributed by atoms with E-state index in [4.69, 9.17) is 0 Å². The first-order valence-electron chi connectivity index (χ1n) is 5.35. The Labute approximate surface area is 116 Å². The second kappa shape index (κ2) is 5.17. The molecule has 5 heteroatoms. The molecule has 2 aromatic rings. The zero-order chi connectivity index (χ0) is 14.2. The first kappa shape index (κ1) is 13.8. The van der Waals surface area contributed by atoms with Crippen molar-refractivity contribution in [2.75, 3.05) is 0 Å². The van der Waals surface area contributed by atoms with Crippen molar-refractivity contribution in [3.63, 3.8) is 0 Å². The van der Waals surface area contributed by atoms with Gasteiger partial charge in [-0.1, -0.05) is 15.9 Å². The van der Waals surface area contributed by atoms with Crippen LogP contribution in [0.2, 0.25) is 0 Å². The molecule has 0 amide bonds. The van der Waals surface area contributed by atoms with Gasteiger partial charge in [0.25, 0.3) is 0 Å². The molecule has 98 valence electrons. The van der Waals surface area contributed by atoms with Crippen LogP contribution in [0.4, 0.5) is 13.2 Å². The van der Waals surface area contributed by atoms with Crippen LogP contribution in [0.5, 0.6) is 0 Å². The number of carbonyl (C=O) groups excluding carboxylic acids is 1. The van der Waals surface area contributed by atoms with Gasteiger partial charge in [0.05, 0.1) is 5.56 Å². The van der Waals surface area contributed by atoms with Gasteiger partial charge in [-0.3, -0.25) is 4.79 Å². The lowest BCUT2D eigenvalue weighted by molar-refractivity contribution is 0.103. The van der Waals surface area contributed by atoms with Gasteiger partial charge in [0.1, 0.15) is 17.5 Å². The molecule has 0 saturated carbocycles. The second-order valence-electron chi connectivity index (χ2n) is 4.03. The fourth-order valence-corrected chi connectivity index (χ4v) is 2.18. The van der Waals surface area contributed by atoms with Crippen molar-refractivity contribution in [2.45, 2.75) is 6.92 Å². The molecular weight excluding hydrogens is 321 g/mol. The minimum Gasteiger partial charge on any atom is -0.288 e. The molecule has 0 heterocycles. The summed E-state index contributed by atoms with van der Waals surface area (Å²) in [5.74, 6) is -3.23. The van der Waals surface area contributed by atoms with Gasteiger partial charge < -0.3 is 0 Å². The summed E-state index contributed by atoms with van der Waals surface area (Å²) in [6.07, 6.45) is 0. The summed E-state index contributed by atoms with van der Waals surface area (Å²) in [7, 11) is 0. The Hall–Kier alpha value is -1.62. The fraction of sp³-hybridized carbons (Fsp3) is 0.0714. The summed E-state index contributed by atoms with van der Waals surface area (Å²) in [4.78, 5) is 12.1. The maximum absolute atomic E-state index is 13.7. The number of carbonyl (C=O) groups is 1. The number of benzene rings is 2. The molecule has 0 saturated heterocycles. The maximum atomic E-state index is 13.7. The summed E-state index contributed by atoms with van der Waals surface area (Å²) in [6, 6.07) is 5.45. The molecule has 19 heavy (non-hydrogen) atoms. The van der Waals surface area contributed by atoms with E-state index >= 15 is 0 Å². The smallest absolute Gasteiger partial charge is 0.199 e. The molecule has 0 fully saturated rings. The molecule has 0 aliphatic carbocycles. The van der Waals surface area contributed by atoms with Crippen LogP contribution in [0, 0.1) is 24.4 Å². The molecule has 2 aromatic carbocycles. The highest BCUT2D eigenvalue weighted by atomic mass is 79.9. The molecule has 0 N–H and O–H groups in total. The summed E-state index contributed by atoms with van der Waals surface area (Å²) < 4.78 is 40.5. The SMILES string of the molecule is Cc1cc(F)ccc1C(=O)c1c(F)cc(Br)cc1F. The van der Waals surface area contributed by atoms with Crippen LogP contribution in [0.25, 0.3) is 0 Å². The van der Waals surface area contributed by atoms with Crippen molar-refractivity contribution >= 4 is 21.7 Å². The average Bonchev–Trinajstić information content (AvgIpc) is 2.26. The minimum atomic E-state index is -0.958. The van der Waals surface area contributed by atoms with Gasteiger partial charge in [-0.05, 0) is 42.8 Å². The fourth-order valence-electron chi connectivity index (χ4n) is 1.78. The van der Waals surface area contributed by atoms with E-state index in [0.29, 0.717) is 5.56 Å². The van der Waals surface area contributed by atoms with Crippen LogP contribution in [-0.2, 0) is 0 Å². The third kappa shape index (κ3) is 2.71. The van der Waals surface area contributed by atoms with Crippen molar-refractivity contribution in [1.29, 1.82) is 0 Å². The van der Waals surface area contributed by atoms with E-state index in [1.54, 1.807) is 0 Å². The Balaban J connectivity index is 2.56. The number of aryl methyl sites for hydroxylation is 1. The summed E-state index contributed by atoms with van der Waals surface area (Å²) in [6.45, 7) is 1.50. The predicted octanol–water partition coefficient (Wildman–Crippen LogP) is 4.41. The molecule has 0 aliphatic rings. The molecule has 0 spiro atoms. The highest BCUT2D eigenvalue weighted by Gasteiger charge is 2.21. The van der Waals surface area contributed by atoms with Gasteiger partial charge in [0.2, 0.25) is 0 Å². The molecule has 2 rings (SSSR count). The van der Waals surface area contributed by atoms with Crippen LogP contribution in [0.15, 0.2) is 34.8 Å². The van der Waals surface area contributed by atoms with E-state index in [-0.39, 0.29) is 10.0 Å². The molecule has 0 aromatic heterocycles. The lowest BCUT2D eigenvalue weighted by atomic mass is 9.98. The van der Waals surface area contributed by atoms with Crippen molar-refractivity contribution in [1.82, 2.24) is 0 Å². The van der Waals surface area contributed by atoms with E-state index in [1.807, 2.05) is 0 Å². The molecular formula is C14H8BrF3O. The van der Waals surface area contributed by atoms with Crippen LogP contribution >= 0.6 is 15.9 Å². The highest BCUT2D eigenvalue weighted by Crippen LogP contribution is 2.23. The number of hydrogen-bond acceptors (Lipinski definition) is 1. The first-order valence-corrected chi connectivity index (χ1v) is 6.15. The standard InChI is InChI=1S/C14H8BrF3O/c1-7-4-9(16)2-3-10(7)14(19)13-11(17)5-8(15)6-12(13)18/h2-6H,1H3. The zero-order valence-electron chi connectivity index (χ0n) is 9.81. The van der Waals surface area contributed by atoms with E-state index < -0.39 is 28.8 Å². The average molecular weight is 329 g/mol. The lowest BCUT2D eigenvalue weighted by Crippen LogP contribution is -2.09. The lowest BCUT2D eigenvalue weighted by Gasteiger charge is -2.07. The Morgan fingerprint density at radius 1 is 1.05 bits per heavy atom. The van der Waals surface area contributed by atoms with E-state index in [2.05, 4.69) is 15.9 Å². The van der Waals surface area contributed by atoms with Gasteiger partial charge in [0, 0.05) is 10.0 Å². The first-order chi connectivity index (χ1) is 8.90. The Morgan fingerprint density at radius 3 is 2.16 bits per heavy atom. The third-order valence-corrected chi connectivity index (χ3v) is 3.12. The number of hydrogen-bond donors (Lipinski definition) is 0. The van der Waals surface area contributed by atoms with Crippen molar-refractivity contribution in [3.05, 3.63) is 68.9 Å². The molecule has 0 bridgehead atoms. The molecule has 0 aliphatic heterocycles. The van der Waals surface area contributed by atoms with Crippen molar-refractivity contribution < 1.29 is 18.0 Å². The van der Waals surface area contributed by atoms with Gasteiger partial charge in [0.15, 0.2) is 5.78 Å². The van der Waals surface area contributed by atoms with Crippen LogP contribution in [0.1, 0.15) is 21.5 Å². The zero-order valence-corrected chi connectivity index (χ0v) is 11.4. The molecule has 0 unspecified atom stereocenters. The molecule has 0 radical (unpaired) electrons. The van der Waals surface area contributed by atoms with E-state index in [0.717, 1.165) is 24.3 Å². The van der Waals surface area contributed by atoms with Gasteiger partial charge in [-0.15, -0.1) is 0 Å². The van der Waals surface area contributed by atoms with E-state index in [9.17, 15) is 18.0 Å². The topological polar surface area (TPSA) is 17.1 Å². The third-order valence-electron chi connectivity index (χ3n) is 2.67. The van der Waals surface area contributed by atoms with Gasteiger partial charge >= 0.3 is 0 Å². The van der Waals surface area contributed by atoms with Crippen molar-refractivity contribution in [3.8, 4) is 0 Å².